The molecule has 3 aromatic rings. The van der Waals surface area contributed by atoms with E-state index in [1.54, 1.807) is 25.1 Å². The molecular weight excluding hydrogens is 461 g/mol. The van der Waals surface area contributed by atoms with Gasteiger partial charge in [0.05, 0.1) is 18.4 Å². The lowest BCUT2D eigenvalue weighted by Crippen LogP contribution is -2.24. The number of ether oxygens (including phenoxy) is 3. The van der Waals surface area contributed by atoms with Gasteiger partial charge in [-0.05, 0) is 46.5 Å². The first-order valence-corrected chi connectivity index (χ1v) is 12.8. The molecule has 0 fully saturated rings. The van der Waals surface area contributed by atoms with Crippen LogP contribution in [0, 0.1) is 5.82 Å². The molecule has 1 unspecified atom stereocenters. The van der Waals surface area contributed by atoms with Gasteiger partial charge in [0.25, 0.3) is 0 Å². The van der Waals surface area contributed by atoms with Crippen molar-refractivity contribution in [2.45, 2.75) is 37.6 Å². The van der Waals surface area contributed by atoms with Crippen molar-refractivity contribution in [3.8, 4) is 5.75 Å². The van der Waals surface area contributed by atoms with Crippen LogP contribution in [0.5, 0.6) is 5.75 Å². The van der Waals surface area contributed by atoms with Crippen molar-refractivity contribution in [2.75, 3.05) is 39.2 Å². The van der Waals surface area contributed by atoms with Gasteiger partial charge in [-0.1, -0.05) is 13.0 Å². The molecule has 0 radical (unpaired) electrons. The highest BCUT2D eigenvalue weighted by atomic mass is 32.2. The summed E-state index contributed by atoms with van der Waals surface area (Å²) in [4.78, 5) is 10.4. The third-order valence-corrected chi connectivity index (χ3v) is 6.68. The average Bonchev–Trinajstić information content (AvgIpc) is 2.80. The molecular formula is C24H28FN3O5S. The lowest BCUT2D eigenvalue weighted by Gasteiger charge is -2.29. The molecule has 0 saturated carbocycles. The Labute approximate surface area is 198 Å². The third-order valence-electron chi connectivity index (χ3n) is 5.83. The maximum absolute atomic E-state index is 14.8. The fourth-order valence-corrected chi connectivity index (χ4v) is 4.83. The minimum Gasteiger partial charge on any atom is -0.468 e. The summed E-state index contributed by atoms with van der Waals surface area (Å²) >= 11 is 0. The molecule has 0 aliphatic carbocycles. The van der Waals surface area contributed by atoms with E-state index in [4.69, 9.17) is 14.2 Å². The van der Waals surface area contributed by atoms with E-state index in [1.807, 2.05) is 19.1 Å². The van der Waals surface area contributed by atoms with Crippen LogP contribution in [0.1, 0.15) is 35.4 Å². The number of benzene rings is 2. The number of hydrogen-bond acceptors (Lipinski definition) is 8. The number of rotatable bonds is 7. The Morgan fingerprint density at radius 1 is 1.24 bits per heavy atom. The zero-order valence-corrected chi connectivity index (χ0v) is 20.7. The number of methoxy groups -OCH3 is 1. The van der Waals surface area contributed by atoms with Crippen LogP contribution in [0.25, 0.3) is 10.8 Å². The summed E-state index contributed by atoms with van der Waals surface area (Å²) in [5, 5.41) is 1.37. The van der Waals surface area contributed by atoms with E-state index in [9.17, 15) is 12.8 Å². The van der Waals surface area contributed by atoms with Crippen molar-refractivity contribution in [2.24, 2.45) is 0 Å². The maximum Gasteiger partial charge on any atom is 0.249 e. The SMILES string of the molecule is CCc1c(F)ccc2cc(OCOC)cc(C3Cc4nc(S(C)(=O)=O)nc(N(C)C)c4CO3)c12. The normalized spacial score (nSPS) is 15.9. The topological polar surface area (TPSA) is 90.9 Å². The molecule has 1 aliphatic rings. The van der Waals surface area contributed by atoms with Crippen molar-refractivity contribution in [3.63, 3.8) is 0 Å². The summed E-state index contributed by atoms with van der Waals surface area (Å²) < 4.78 is 56.2. The molecule has 1 aliphatic heterocycles. The van der Waals surface area contributed by atoms with Gasteiger partial charge in [-0.2, -0.15) is 0 Å². The number of hydrogen-bond donors (Lipinski definition) is 0. The van der Waals surface area contributed by atoms with Crippen molar-refractivity contribution in [3.05, 3.63) is 52.5 Å². The Hall–Kier alpha value is -2.82. The van der Waals surface area contributed by atoms with Crippen LogP contribution in [-0.2, 0) is 38.8 Å². The number of fused-ring (bicyclic) bond motifs is 2. The largest absolute Gasteiger partial charge is 0.468 e. The summed E-state index contributed by atoms with van der Waals surface area (Å²) in [5.41, 5.74) is 2.69. The number of aryl methyl sites for hydroxylation is 1. The van der Waals surface area contributed by atoms with Gasteiger partial charge in [0.1, 0.15) is 17.4 Å². The summed E-state index contributed by atoms with van der Waals surface area (Å²) in [7, 11) is 1.51. The van der Waals surface area contributed by atoms with E-state index >= 15 is 0 Å². The molecule has 0 saturated heterocycles. The van der Waals surface area contributed by atoms with Crippen molar-refractivity contribution >= 4 is 26.4 Å². The maximum atomic E-state index is 14.8. The molecule has 10 heteroatoms. The molecule has 4 rings (SSSR count). The van der Waals surface area contributed by atoms with Gasteiger partial charge in [0, 0.05) is 39.4 Å². The van der Waals surface area contributed by atoms with Crippen LogP contribution < -0.4 is 9.64 Å². The molecule has 34 heavy (non-hydrogen) atoms. The van der Waals surface area contributed by atoms with Gasteiger partial charge in [0.2, 0.25) is 15.0 Å². The van der Waals surface area contributed by atoms with E-state index in [0.717, 1.165) is 28.2 Å². The Kier molecular flexibility index (Phi) is 6.75. The Morgan fingerprint density at radius 3 is 2.65 bits per heavy atom. The Bertz CT molecular complexity index is 1340. The highest BCUT2D eigenvalue weighted by Crippen LogP contribution is 2.40. The van der Waals surface area contributed by atoms with Gasteiger partial charge < -0.3 is 19.1 Å². The van der Waals surface area contributed by atoms with E-state index in [0.29, 0.717) is 35.7 Å². The lowest BCUT2D eigenvalue weighted by molar-refractivity contribution is 0.0257. The van der Waals surface area contributed by atoms with Crippen molar-refractivity contribution < 1.29 is 27.0 Å². The number of nitrogens with zero attached hydrogens (tertiary/aromatic N) is 3. The first kappa shape index (κ1) is 24.3. The van der Waals surface area contributed by atoms with Crippen LogP contribution in [0.2, 0.25) is 0 Å². The Morgan fingerprint density at radius 2 is 2.00 bits per heavy atom. The monoisotopic (exact) mass is 489 g/mol. The smallest absolute Gasteiger partial charge is 0.249 e. The fourth-order valence-electron chi connectivity index (χ4n) is 4.30. The van der Waals surface area contributed by atoms with Gasteiger partial charge >= 0.3 is 0 Å². The molecule has 0 N–H and O–H groups in total. The second-order valence-electron chi connectivity index (χ2n) is 8.47. The lowest BCUT2D eigenvalue weighted by atomic mass is 9.91. The van der Waals surface area contributed by atoms with Crippen LogP contribution >= 0.6 is 0 Å². The summed E-state index contributed by atoms with van der Waals surface area (Å²) in [6.07, 6.45) is 1.42. The molecule has 1 aromatic heterocycles. The van der Waals surface area contributed by atoms with Crippen LogP contribution in [0.4, 0.5) is 10.2 Å². The zero-order valence-electron chi connectivity index (χ0n) is 19.9. The van der Waals surface area contributed by atoms with E-state index in [2.05, 4.69) is 9.97 Å². The highest BCUT2D eigenvalue weighted by molar-refractivity contribution is 7.90. The number of aromatic nitrogens is 2. The molecule has 2 heterocycles. The second kappa shape index (κ2) is 9.44. The predicted molar refractivity (Wildman–Crippen MR) is 126 cm³/mol. The van der Waals surface area contributed by atoms with Crippen molar-refractivity contribution in [1.82, 2.24) is 9.97 Å². The van der Waals surface area contributed by atoms with Crippen LogP contribution in [0.3, 0.4) is 0 Å². The first-order valence-electron chi connectivity index (χ1n) is 10.9. The number of sulfone groups is 1. The summed E-state index contributed by atoms with van der Waals surface area (Å²) in [5.74, 6) is 0.793. The molecule has 0 amide bonds. The van der Waals surface area contributed by atoms with E-state index in [-0.39, 0.29) is 24.4 Å². The summed E-state index contributed by atoms with van der Waals surface area (Å²) in [6.45, 7) is 2.17. The van der Waals surface area contributed by atoms with Gasteiger partial charge in [-0.25, -0.2) is 22.8 Å². The predicted octanol–water partition coefficient (Wildman–Crippen LogP) is 3.60. The minimum absolute atomic E-state index is 0.0677. The van der Waals surface area contributed by atoms with Gasteiger partial charge in [-0.15, -0.1) is 0 Å². The van der Waals surface area contributed by atoms with Crippen LogP contribution in [0.15, 0.2) is 29.4 Å². The molecule has 0 bridgehead atoms. The van der Waals surface area contributed by atoms with Gasteiger partial charge in [0.15, 0.2) is 6.79 Å². The third kappa shape index (κ3) is 4.57. The summed E-state index contributed by atoms with van der Waals surface area (Å²) in [6, 6.07) is 6.86. The highest BCUT2D eigenvalue weighted by Gasteiger charge is 2.30. The van der Waals surface area contributed by atoms with Gasteiger partial charge in [-0.3, -0.25) is 0 Å². The molecule has 182 valence electrons. The van der Waals surface area contributed by atoms with E-state index < -0.39 is 15.9 Å². The molecule has 1 atom stereocenters. The fraction of sp³-hybridized carbons (Fsp3) is 0.417. The first-order chi connectivity index (χ1) is 16.1. The molecule has 0 spiro atoms. The average molecular weight is 490 g/mol. The van der Waals surface area contributed by atoms with E-state index in [1.165, 1.54) is 13.2 Å². The quantitative estimate of drug-likeness (QED) is 0.367. The minimum atomic E-state index is -3.62. The molecule has 2 aromatic carbocycles. The Balaban J connectivity index is 1.88. The second-order valence-corrected chi connectivity index (χ2v) is 10.4. The standard InChI is InChI=1S/C24H28FN3O5S/c1-6-16-19(25)8-7-14-9-15(33-13-31-4)10-17(22(14)16)21-11-20-18(12-32-21)23(28(2)3)27-24(26-20)34(5,29)30/h7-10,21H,6,11-13H2,1-5H3. The molecule has 8 nitrogen and oxygen atoms in total. The van der Waals surface area contributed by atoms with Crippen LogP contribution in [-0.4, -0.2) is 52.6 Å². The number of anilines is 1. The zero-order chi connectivity index (χ0) is 24.6. The van der Waals surface area contributed by atoms with Crippen molar-refractivity contribution in [1.29, 1.82) is 0 Å². The number of halogens is 1.